The molecule has 3 rings (SSSR count). The van der Waals surface area contributed by atoms with Crippen LogP contribution in [0, 0.1) is 0 Å². The third-order valence-corrected chi connectivity index (χ3v) is 3.86. The van der Waals surface area contributed by atoms with Gasteiger partial charge in [-0.2, -0.15) is 0 Å². The lowest BCUT2D eigenvalue weighted by atomic mass is 10.2. The molecule has 22 heavy (non-hydrogen) atoms. The molecule has 2 aromatic carbocycles. The van der Waals surface area contributed by atoms with Crippen LogP contribution >= 0.6 is 11.6 Å². The van der Waals surface area contributed by atoms with Crippen LogP contribution < -0.4 is 14.5 Å². The molecule has 0 unspecified atom stereocenters. The van der Waals surface area contributed by atoms with Crippen LogP contribution in [0.2, 0.25) is 5.02 Å². The molecule has 0 atom stereocenters. The maximum absolute atomic E-state index is 12.7. The number of carbonyl (C=O) groups is 1. The van der Waals surface area contributed by atoms with Gasteiger partial charge < -0.3 is 4.74 Å². The lowest BCUT2D eigenvalue weighted by molar-refractivity contribution is 0.255. The molecule has 5 heteroatoms. The summed E-state index contributed by atoms with van der Waals surface area (Å²) in [5, 5.41) is 0.661. The zero-order chi connectivity index (χ0) is 15.5. The second-order valence-electron chi connectivity index (χ2n) is 4.96. The Morgan fingerprint density at radius 3 is 2.45 bits per heavy atom. The molecular formula is C17H17ClN2O2. The highest BCUT2D eigenvalue weighted by atomic mass is 35.5. The molecule has 0 radical (unpaired) electrons. The summed E-state index contributed by atoms with van der Waals surface area (Å²) in [6.07, 6.45) is 0. The number of hydrogen-bond donors (Lipinski definition) is 0. The van der Waals surface area contributed by atoms with Gasteiger partial charge in [0.2, 0.25) is 0 Å². The molecule has 114 valence electrons. The average Bonchev–Trinajstić information content (AvgIpc) is 2.91. The number of nitrogens with zero attached hydrogens (tertiary/aromatic N) is 2. The highest BCUT2D eigenvalue weighted by Crippen LogP contribution is 2.32. The minimum Gasteiger partial charge on any atom is -0.492 e. The predicted molar refractivity (Wildman–Crippen MR) is 89.2 cm³/mol. The molecule has 0 aliphatic carbocycles. The SMILES string of the molecule is CCOc1ccccc1N1CCN(c2ccc(Cl)cc2)C1=O. The van der Waals surface area contributed by atoms with Crippen LogP contribution in [0.1, 0.15) is 6.92 Å². The summed E-state index contributed by atoms with van der Waals surface area (Å²) < 4.78 is 5.62. The molecule has 2 amide bonds. The van der Waals surface area contributed by atoms with Gasteiger partial charge in [0.1, 0.15) is 5.75 Å². The van der Waals surface area contributed by atoms with Crippen LogP contribution in [0.5, 0.6) is 5.75 Å². The van der Waals surface area contributed by atoms with Crippen molar-refractivity contribution in [3.05, 3.63) is 53.6 Å². The van der Waals surface area contributed by atoms with E-state index in [2.05, 4.69) is 0 Å². The summed E-state index contributed by atoms with van der Waals surface area (Å²) in [6, 6.07) is 14.9. The Bertz CT molecular complexity index is 673. The average molecular weight is 317 g/mol. The standard InChI is InChI=1S/C17H17ClN2O2/c1-2-22-16-6-4-3-5-15(16)20-12-11-19(17(20)21)14-9-7-13(18)8-10-14/h3-10H,2,11-12H2,1H3. The number of hydrogen-bond acceptors (Lipinski definition) is 2. The maximum Gasteiger partial charge on any atom is 0.329 e. The monoisotopic (exact) mass is 316 g/mol. The van der Waals surface area contributed by atoms with Crippen LogP contribution in [0.15, 0.2) is 48.5 Å². The van der Waals surface area contributed by atoms with E-state index in [0.29, 0.717) is 24.7 Å². The Kier molecular flexibility index (Phi) is 4.20. The van der Waals surface area contributed by atoms with Gasteiger partial charge in [0.05, 0.1) is 12.3 Å². The first-order valence-corrected chi connectivity index (χ1v) is 7.65. The molecule has 0 bridgehead atoms. The van der Waals surface area contributed by atoms with E-state index in [0.717, 1.165) is 17.1 Å². The molecule has 0 aromatic heterocycles. The van der Waals surface area contributed by atoms with Gasteiger partial charge in [0.15, 0.2) is 0 Å². The van der Waals surface area contributed by atoms with E-state index >= 15 is 0 Å². The molecule has 1 saturated heterocycles. The van der Waals surface area contributed by atoms with E-state index < -0.39 is 0 Å². The number of rotatable bonds is 4. The fourth-order valence-corrected chi connectivity index (χ4v) is 2.70. The number of ether oxygens (including phenoxy) is 1. The second kappa shape index (κ2) is 6.28. The second-order valence-corrected chi connectivity index (χ2v) is 5.40. The topological polar surface area (TPSA) is 32.8 Å². The van der Waals surface area contributed by atoms with Crippen molar-refractivity contribution in [1.29, 1.82) is 0 Å². The Balaban J connectivity index is 1.86. The van der Waals surface area contributed by atoms with E-state index in [1.54, 1.807) is 21.9 Å². The van der Waals surface area contributed by atoms with Crippen LogP contribution in [-0.4, -0.2) is 25.7 Å². The molecule has 1 heterocycles. The van der Waals surface area contributed by atoms with Crippen molar-refractivity contribution >= 4 is 29.0 Å². The Labute approximate surface area is 134 Å². The summed E-state index contributed by atoms with van der Waals surface area (Å²) in [5.74, 6) is 0.733. The number of carbonyl (C=O) groups excluding carboxylic acids is 1. The number of anilines is 2. The van der Waals surface area contributed by atoms with Gasteiger partial charge in [-0.05, 0) is 43.3 Å². The summed E-state index contributed by atoms with van der Waals surface area (Å²) in [6.45, 7) is 3.77. The zero-order valence-corrected chi connectivity index (χ0v) is 13.1. The smallest absolute Gasteiger partial charge is 0.329 e. The van der Waals surface area contributed by atoms with E-state index in [1.807, 2.05) is 43.3 Å². The molecule has 2 aromatic rings. The quantitative estimate of drug-likeness (QED) is 0.847. The number of amides is 2. The van der Waals surface area contributed by atoms with Crippen molar-refractivity contribution in [2.45, 2.75) is 6.92 Å². The van der Waals surface area contributed by atoms with Gasteiger partial charge in [0, 0.05) is 23.8 Å². The van der Waals surface area contributed by atoms with Gasteiger partial charge in [0.25, 0.3) is 0 Å². The van der Waals surface area contributed by atoms with Gasteiger partial charge in [-0.15, -0.1) is 0 Å². The predicted octanol–water partition coefficient (Wildman–Crippen LogP) is 4.19. The van der Waals surface area contributed by atoms with Crippen molar-refractivity contribution in [2.75, 3.05) is 29.5 Å². The number of halogens is 1. The summed E-state index contributed by atoms with van der Waals surface area (Å²) in [4.78, 5) is 16.2. The van der Waals surface area contributed by atoms with Crippen molar-refractivity contribution in [3.63, 3.8) is 0 Å². The van der Waals surface area contributed by atoms with Crippen molar-refractivity contribution in [2.24, 2.45) is 0 Å². The van der Waals surface area contributed by atoms with Crippen LogP contribution in [-0.2, 0) is 0 Å². The number of para-hydroxylation sites is 2. The van der Waals surface area contributed by atoms with Crippen molar-refractivity contribution < 1.29 is 9.53 Å². The molecule has 1 aliphatic heterocycles. The first-order valence-electron chi connectivity index (χ1n) is 7.27. The van der Waals surface area contributed by atoms with E-state index in [9.17, 15) is 4.79 Å². The summed E-state index contributed by atoms with van der Waals surface area (Å²) in [7, 11) is 0. The van der Waals surface area contributed by atoms with E-state index in [1.165, 1.54) is 0 Å². The molecule has 0 spiro atoms. The van der Waals surface area contributed by atoms with E-state index in [-0.39, 0.29) is 6.03 Å². The normalized spacial score (nSPS) is 14.5. The molecular weight excluding hydrogens is 300 g/mol. The Morgan fingerprint density at radius 2 is 1.73 bits per heavy atom. The summed E-state index contributed by atoms with van der Waals surface area (Å²) >= 11 is 5.90. The molecule has 1 fully saturated rings. The molecule has 4 nitrogen and oxygen atoms in total. The fraction of sp³-hybridized carbons (Fsp3) is 0.235. The van der Waals surface area contributed by atoms with Crippen molar-refractivity contribution in [3.8, 4) is 5.75 Å². The highest BCUT2D eigenvalue weighted by molar-refractivity contribution is 6.30. The fourth-order valence-electron chi connectivity index (χ4n) is 2.58. The van der Waals surface area contributed by atoms with Crippen LogP contribution in [0.25, 0.3) is 0 Å². The molecule has 0 N–H and O–H groups in total. The van der Waals surface area contributed by atoms with Gasteiger partial charge in [-0.25, -0.2) is 4.79 Å². The van der Waals surface area contributed by atoms with Gasteiger partial charge in [-0.1, -0.05) is 23.7 Å². The maximum atomic E-state index is 12.7. The Morgan fingerprint density at radius 1 is 1.05 bits per heavy atom. The molecule has 1 aliphatic rings. The summed E-state index contributed by atoms with van der Waals surface area (Å²) in [5.41, 5.74) is 1.66. The van der Waals surface area contributed by atoms with Crippen LogP contribution in [0.3, 0.4) is 0 Å². The third-order valence-electron chi connectivity index (χ3n) is 3.60. The lowest BCUT2D eigenvalue weighted by Gasteiger charge is -2.21. The molecule has 0 saturated carbocycles. The number of benzene rings is 2. The lowest BCUT2D eigenvalue weighted by Crippen LogP contribution is -2.31. The van der Waals surface area contributed by atoms with Crippen molar-refractivity contribution in [1.82, 2.24) is 0 Å². The van der Waals surface area contributed by atoms with Crippen LogP contribution in [0.4, 0.5) is 16.2 Å². The van der Waals surface area contributed by atoms with Gasteiger partial charge in [-0.3, -0.25) is 9.80 Å². The minimum absolute atomic E-state index is 0.0468. The minimum atomic E-state index is -0.0468. The third kappa shape index (κ3) is 2.74. The zero-order valence-electron chi connectivity index (χ0n) is 12.3. The highest BCUT2D eigenvalue weighted by Gasteiger charge is 2.32. The number of urea groups is 1. The largest absolute Gasteiger partial charge is 0.492 e. The Hall–Kier alpha value is -2.20. The van der Waals surface area contributed by atoms with Gasteiger partial charge >= 0.3 is 6.03 Å². The van der Waals surface area contributed by atoms with E-state index in [4.69, 9.17) is 16.3 Å². The first-order chi connectivity index (χ1) is 10.7. The first kappa shape index (κ1) is 14.7.